The van der Waals surface area contributed by atoms with Gasteiger partial charge in [-0.3, -0.25) is 4.79 Å². The number of fused-ring (bicyclic) bond motifs is 1. The van der Waals surface area contributed by atoms with Gasteiger partial charge < -0.3 is 33.2 Å². The molecule has 1 aliphatic rings. The Hall–Kier alpha value is -5.35. The summed E-state index contributed by atoms with van der Waals surface area (Å²) < 4.78 is 45.0. The topological polar surface area (TPSA) is 81.7 Å². The summed E-state index contributed by atoms with van der Waals surface area (Å²) in [5.74, 6) is -0.292. The number of carbonyl (C=O) groups is 1. The first-order valence-corrected chi connectivity index (χ1v) is 19.1. The predicted octanol–water partition coefficient (Wildman–Crippen LogP) is 9.19. The molecule has 0 bridgehead atoms. The fourth-order valence-electron chi connectivity index (χ4n) is 6.83. The maximum atomic E-state index is 14.2. The van der Waals surface area contributed by atoms with Gasteiger partial charge in [0.1, 0.15) is 30.2 Å². The number of methoxy groups -OCH3 is 1. The Morgan fingerprint density at radius 3 is 1.61 bits per heavy atom. The van der Waals surface area contributed by atoms with Crippen molar-refractivity contribution in [3.05, 3.63) is 186 Å². The van der Waals surface area contributed by atoms with Gasteiger partial charge in [0.05, 0.1) is 46.1 Å². The Morgan fingerprint density at radius 1 is 0.571 bits per heavy atom. The molecule has 6 aromatic carbocycles. The fraction of sp³-hybridized carbons (Fsp3) is 0.271. The van der Waals surface area contributed by atoms with E-state index in [0.717, 1.165) is 44.3 Å². The summed E-state index contributed by atoms with van der Waals surface area (Å²) in [6, 6.07) is 51.5. The van der Waals surface area contributed by atoms with Crippen LogP contribution in [-0.2, 0) is 59.6 Å². The zero-order chi connectivity index (χ0) is 38.5. The quantitative estimate of drug-likeness (QED) is 0.0854. The van der Waals surface area contributed by atoms with E-state index in [1.165, 1.54) is 0 Å². The molecule has 6 aromatic rings. The van der Waals surface area contributed by atoms with Crippen molar-refractivity contribution in [2.45, 2.75) is 70.0 Å². The van der Waals surface area contributed by atoms with E-state index in [9.17, 15) is 4.79 Å². The lowest BCUT2D eigenvalue weighted by Crippen LogP contribution is -2.62. The van der Waals surface area contributed by atoms with Gasteiger partial charge in [0.25, 0.3) is 0 Å². The number of hydrogen-bond donors (Lipinski definition) is 0. The van der Waals surface area contributed by atoms with Crippen LogP contribution in [-0.4, -0.2) is 50.4 Å². The molecule has 1 fully saturated rings. The molecule has 1 aliphatic heterocycles. The van der Waals surface area contributed by atoms with E-state index >= 15 is 0 Å². The summed E-state index contributed by atoms with van der Waals surface area (Å²) >= 11 is 0. The van der Waals surface area contributed by atoms with Gasteiger partial charge in [0.15, 0.2) is 0 Å². The van der Waals surface area contributed by atoms with Gasteiger partial charge in [-0.2, -0.15) is 0 Å². The third-order valence-corrected chi connectivity index (χ3v) is 10.00. The number of ether oxygens (including phenoxy) is 7. The first kappa shape index (κ1) is 38.9. The minimum Gasteiger partial charge on any atom is -0.497 e. The van der Waals surface area contributed by atoms with Crippen LogP contribution < -0.4 is 4.74 Å². The second kappa shape index (κ2) is 19.5. The smallest absolute Gasteiger partial charge is 0.315 e. The van der Waals surface area contributed by atoms with Crippen LogP contribution in [0.4, 0.5) is 0 Å². The third kappa shape index (κ3) is 10.3. The molecule has 7 rings (SSSR count). The third-order valence-electron chi connectivity index (χ3n) is 10.00. The summed E-state index contributed by atoms with van der Waals surface area (Å²) in [4.78, 5) is 14.2. The lowest BCUT2D eigenvalue weighted by atomic mass is 9.96. The molecule has 0 aromatic heterocycles. The first-order chi connectivity index (χ1) is 27.5. The normalized spacial score (nSPS) is 20.0. The summed E-state index contributed by atoms with van der Waals surface area (Å²) in [6.07, 6.45) is -4.04. The van der Waals surface area contributed by atoms with Gasteiger partial charge in [-0.15, -0.1) is 0 Å². The summed E-state index contributed by atoms with van der Waals surface area (Å²) in [7, 11) is 1.65. The highest BCUT2D eigenvalue weighted by atomic mass is 16.7. The van der Waals surface area contributed by atoms with Crippen molar-refractivity contribution < 1.29 is 38.0 Å². The van der Waals surface area contributed by atoms with Crippen molar-refractivity contribution in [3.63, 3.8) is 0 Å². The van der Waals surface area contributed by atoms with Gasteiger partial charge in [0, 0.05) is 0 Å². The van der Waals surface area contributed by atoms with E-state index in [0.29, 0.717) is 13.2 Å². The second-order valence-electron chi connectivity index (χ2n) is 14.0. The molecule has 0 N–H and O–H groups in total. The molecular formula is C48H48O8. The average Bonchev–Trinajstić information content (AvgIpc) is 3.25. The SMILES string of the molecule is COc1ccc2cc([C@H](C)C(=O)O[C@H]3O[C@H](COCc4ccccc4)[C@@H](OCc4ccccc4)[C@H](OCc4ccccc4)[C@H]3OCc3ccccc3)ccc2c1. The molecule has 0 aliphatic carbocycles. The molecule has 8 heteroatoms. The largest absolute Gasteiger partial charge is 0.497 e. The highest BCUT2D eigenvalue weighted by molar-refractivity contribution is 5.86. The van der Waals surface area contributed by atoms with Crippen LogP contribution in [0.25, 0.3) is 10.8 Å². The van der Waals surface area contributed by atoms with Crippen molar-refractivity contribution in [2.24, 2.45) is 0 Å². The van der Waals surface area contributed by atoms with E-state index in [-0.39, 0.29) is 19.8 Å². The van der Waals surface area contributed by atoms with Crippen molar-refractivity contribution in [1.29, 1.82) is 0 Å². The van der Waals surface area contributed by atoms with Crippen molar-refractivity contribution >= 4 is 16.7 Å². The van der Waals surface area contributed by atoms with Crippen LogP contribution in [0.1, 0.15) is 40.7 Å². The molecule has 0 spiro atoms. The van der Waals surface area contributed by atoms with Crippen molar-refractivity contribution in [1.82, 2.24) is 0 Å². The van der Waals surface area contributed by atoms with Gasteiger partial charge >= 0.3 is 5.97 Å². The monoisotopic (exact) mass is 752 g/mol. The van der Waals surface area contributed by atoms with Crippen molar-refractivity contribution in [3.8, 4) is 5.75 Å². The second-order valence-corrected chi connectivity index (χ2v) is 14.0. The van der Waals surface area contributed by atoms with Gasteiger partial charge in [-0.05, 0) is 57.6 Å². The van der Waals surface area contributed by atoms with Gasteiger partial charge in [0.2, 0.25) is 6.29 Å². The molecule has 1 saturated heterocycles. The molecule has 0 amide bonds. The Morgan fingerprint density at radius 2 is 1.05 bits per heavy atom. The minimum absolute atomic E-state index is 0.155. The molecule has 6 atom stereocenters. The minimum atomic E-state index is -1.14. The molecule has 0 radical (unpaired) electrons. The maximum Gasteiger partial charge on any atom is 0.315 e. The van der Waals surface area contributed by atoms with Crippen LogP contribution in [0.2, 0.25) is 0 Å². The number of carbonyl (C=O) groups excluding carboxylic acids is 1. The van der Waals surface area contributed by atoms with Crippen LogP contribution >= 0.6 is 0 Å². The van der Waals surface area contributed by atoms with Crippen LogP contribution in [0.3, 0.4) is 0 Å². The highest BCUT2D eigenvalue weighted by Gasteiger charge is 2.50. The fourth-order valence-corrected chi connectivity index (χ4v) is 6.83. The molecule has 288 valence electrons. The lowest BCUT2D eigenvalue weighted by molar-refractivity contribution is -0.320. The van der Waals surface area contributed by atoms with E-state index in [4.69, 9.17) is 33.2 Å². The Balaban J connectivity index is 1.20. The van der Waals surface area contributed by atoms with Gasteiger partial charge in [-0.25, -0.2) is 0 Å². The van der Waals surface area contributed by atoms with E-state index in [1.807, 2.05) is 165 Å². The van der Waals surface area contributed by atoms with E-state index in [2.05, 4.69) is 0 Å². The first-order valence-electron chi connectivity index (χ1n) is 19.1. The zero-order valence-electron chi connectivity index (χ0n) is 31.8. The van der Waals surface area contributed by atoms with Crippen LogP contribution in [0, 0.1) is 0 Å². The average molecular weight is 753 g/mol. The summed E-state index contributed by atoms with van der Waals surface area (Å²) in [5.41, 5.74) is 4.77. The zero-order valence-corrected chi connectivity index (χ0v) is 31.8. The Bertz CT molecular complexity index is 2090. The van der Waals surface area contributed by atoms with Crippen LogP contribution in [0.5, 0.6) is 5.75 Å². The van der Waals surface area contributed by atoms with E-state index < -0.39 is 42.6 Å². The van der Waals surface area contributed by atoms with E-state index in [1.54, 1.807) is 7.11 Å². The standard InChI is InChI=1S/C48H48O8/c1-34(39-23-24-41-28-42(50-2)26-25-40(41)27-39)47(49)56-48-46(54-32-38-21-13-6-14-22-38)45(53-31-37-19-11-5-12-20-37)44(52-30-36-17-9-4-10-18-36)43(55-48)33-51-29-35-15-7-3-8-16-35/h3-28,34,43-46,48H,29-33H2,1-2H3/t34-,43+,44+,45-,46+,48+/m0/s1. The predicted molar refractivity (Wildman–Crippen MR) is 215 cm³/mol. The highest BCUT2D eigenvalue weighted by Crippen LogP contribution is 2.33. The van der Waals surface area contributed by atoms with Crippen molar-refractivity contribution in [2.75, 3.05) is 13.7 Å². The maximum absolute atomic E-state index is 14.2. The van der Waals surface area contributed by atoms with Crippen LogP contribution in [0.15, 0.2) is 158 Å². The molecule has 56 heavy (non-hydrogen) atoms. The number of hydrogen-bond acceptors (Lipinski definition) is 8. The molecule has 1 heterocycles. The molecule has 0 saturated carbocycles. The summed E-state index contributed by atoms with van der Waals surface area (Å²) in [5, 5.41) is 2.00. The Kier molecular flexibility index (Phi) is 13.5. The lowest BCUT2D eigenvalue weighted by Gasteiger charge is -2.45. The number of rotatable bonds is 17. The molecule has 0 unspecified atom stereocenters. The Labute approximate surface area is 328 Å². The molecule has 8 nitrogen and oxygen atoms in total. The van der Waals surface area contributed by atoms with Gasteiger partial charge in [-0.1, -0.05) is 146 Å². The summed E-state index contributed by atoms with van der Waals surface area (Å²) in [6.45, 7) is 3.17. The number of esters is 1. The number of benzene rings is 6. The molecular weight excluding hydrogens is 705 g/mol.